The SMILES string of the molecule is CC1(C)CCN(c2c(F)cc(N3[C@H](c4ccc(NC(=O)C5CCCN5)cc4)CC[C@H]3c3ccc4nc(C5CCCN5)[nH]c4c3)cc2F)[Si]C1. The number of anilines is 3. The summed E-state index contributed by atoms with van der Waals surface area (Å²) in [6.45, 7) is 6.96. The van der Waals surface area contributed by atoms with Crippen LogP contribution in [0.3, 0.4) is 0 Å². The fraction of sp³-hybridized carbons (Fsp3) is 0.474. The molecule has 1 amide bonds. The van der Waals surface area contributed by atoms with Gasteiger partial charge in [-0.25, -0.2) is 13.8 Å². The average molecular weight is 682 g/mol. The Balaban J connectivity index is 1.12. The fourth-order valence-electron chi connectivity index (χ4n) is 8.13. The number of carbonyl (C=O) groups is 1. The van der Waals surface area contributed by atoms with Crippen molar-refractivity contribution < 1.29 is 13.6 Å². The maximum absolute atomic E-state index is 16.1. The minimum atomic E-state index is -0.511. The summed E-state index contributed by atoms with van der Waals surface area (Å²) in [5.74, 6) is -0.0770. The minimum absolute atomic E-state index is 0.0159. The highest BCUT2D eigenvalue weighted by Gasteiger charge is 2.38. The number of fused-ring (bicyclic) bond motifs is 1. The van der Waals surface area contributed by atoms with Crippen LogP contribution in [0.25, 0.3) is 11.0 Å². The number of nitrogens with zero attached hydrogens (tertiary/aromatic N) is 3. The lowest BCUT2D eigenvalue weighted by Gasteiger charge is -2.38. The van der Waals surface area contributed by atoms with Crippen LogP contribution in [-0.4, -0.2) is 51.2 Å². The molecule has 4 fully saturated rings. The third-order valence-corrected chi connectivity index (χ3v) is 12.9. The first-order chi connectivity index (χ1) is 23.7. The van der Waals surface area contributed by atoms with E-state index in [0.29, 0.717) is 21.9 Å². The van der Waals surface area contributed by atoms with Crippen molar-refractivity contribution in [1.29, 1.82) is 0 Å². The Morgan fingerprint density at radius 3 is 2.31 bits per heavy atom. The number of halogens is 2. The van der Waals surface area contributed by atoms with Gasteiger partial charge in [0.15, 0.2) is 21.3 Å². The largest absolute Gasteiger partial charge is 0.393 e. The van der Waals surface area contributed by atoms with E-state index in [9.17, 15) is 4.79 Å². The Morgan fingerprint density at radius 1 is 0.918 bits per heavy atom. The zero-order chi connectivity index (χ0) is 33.7. The van der Waals surface area contributed by atoms with Crippen LogP contribution in [0.1, 0.15) is 93.9 Å². The van der Waals surface area contributed by atoms with E-state index in [1.807, 2.05) is 28.8 Å². The van der Waals surface area contributed by atoms with E-state index in [1.165, 1.54) is 12.1 Å². The average Bonchev–Trinajstić information content (AvgIpc) is 3.92. The maximum atomic E-state index is 16.1. The summed E-state index contributed by atoms with van der Waals surface area (Å²) in [5.41, 5.74) is 5.59. The molecular formula is C38H45F2N7OSi. The van der Waals surface area contributed by atoms with Crippen LogP contribution in [0.2, 0.25) is 6.04 Å². The molecule has 8 rings (SSSR count). The molecular weight excluding hydrogens is 637 g/mol. The first-order valence-corrected chi connectivity index (χ1v) is 19.0. The number of hydrogen-bond donors (Lipinski definition) is 4. The Labute approximate surface area is 289 Å². The first kappa shape index (κ1) is 32.4. The lowest BCUT2D eigenvalue weighted by Crippen LogP contribution is -2.40. The number of imidazole rings is 1. The zero-order valence-electron chi connectivity index (χ0n) is 28.3. The summed E-state index contributed by atoms with van der Waals surface area (Å²) in [6, 6.07) is 18.2. The zero-order valence-corrected chi connectivity index (χ0v) is 29.3. The number of benzene rings is 3. The molecule has 49 heavy (non-hydrogen) atoms. The molecule has 256 valence electrons. The van der Waals surface area contributed by atoms with E-state index in [0.717, 1.165) is 97.8 Å². The van der Waals surface area contributed by atoms with Crippen LogP contribution in [0.5, 0.6) is 0 Å². The van der Waals surface area contributed by atoms with Crippen molar-refractivity contribution >= 4 is 43.7 Å². The number of aromatic amines is 1. The predicted molar refractivity (Wildman–Crippen MR) is 192 cm³/mol. The van der Waals surface area contributed by atoms with Gasteiger partial charge in [-0.05, 0) is 117 Å². The van der Waals surface area contributed by atoms with Crippen molar-refractivity contribution in [3.05, 3.63) is 83.2 Å². The molecule has 0 bridgehead atoms. The predicted octanol–water partition coefficient (Wildman–Crippen LogP) is 7.31. The lowest BCUT2D eigenvalue weighted by atomic mass is 9.91. The van der Waals surface area contributed by atoms with Crippen LogP contribution < -0.4 is 25.4 Å². The summed E-state index contributed by atoms with van der Waals surface area (Å²) < 4.78 is 34.1. The molecule has 2 radical (unpaired) electrons. The molecule has 0 saturated carbocycles. The molecule has 4 aromatic rings. The molecule has 8 nitrogen and oxygen atoms in total. The second-order valence-electron chi connectivity index (χ2n) is 15.0. The van der Waals surface area contributed by atoms with Crippen LogP contribution in [0, 0.1) is 17.0 Å². The van der Waals surface area contributed by atoms with Crippen molar-refractivity contribution in [2.24, 2.45) is 5.41 Å². The fourth-order valence-corrected chi connectivity index (χ4v) is 9.57. The number of amides is 1. The Morgan fingerprint density at radius 2 is 1.63 bits per heavy atom. The highest BCUT2D eigenvalue weighted by atomic mass is 28.2. The Hall–Kier alpha value is -3.80. The molecule has 0 spiro atoms. The van der Waals surface area contributed by atoms with Crippen molar-refractivity contribution in [1.82, 2.24) is 20.6 Å². The van der Waals surface area contributed by atoms with E-state index < -0.39 is 11.6 Å². The molecule has 5 heterocycles. The Bertz CT molecular complexity index is 1800. The first-order valence-electron chi connectivity index (χ1n) is 17.9. The van der Waals surface area contributed by atoms with Crippen LogP contribution >= 0.6 is 0 Å². The molecule has 3 aromatic carbocycles. The van der Waals surface area contributed by atoms with Crippen molar-refractivity contribution in [2.75, 3.05) is 34.4 Å². The molecule has 1 aromatic heterocycles. The summed E-state index contributed by atoms with van der Waals surface area (Å²) in [7, 11) is 0.348. The second-order valence-corrected chi connectivity index (χ2v) is 16.2. The van der Waals surface area contributed by atoms with E-state index in [2.05, 4.69) is 57.9 Å². The molecule has 2 unspecified atom stereocenters. The smallest absolute Gasteiger partial charge is 0.241 e. The third kappa shape index (κ3) is 6.48. The van der Waals surface area contributed by atoms with Gasteiger partial charge in [-0.3, -0.25) is 4.79 Å². The van der Waals surface area contributed by atoms with Crippen LogP contribution in [0.4, 0.5) is 25.8 Å². The van der Waals surface area contributed by atoms with E-state index in [4.69, 9.17) is 4.98 Å². The van der Waals surface area contributed by atoms with Gasteiger partial charge in [0.1, 0.15) is 11.5 Å². The molecule has 4 atom stereocenters. The van der Waals surface area contributed by atoms with Crippen LogP contribution in [0.15, 0.2) is 54.6 Å². The highest BCUT2D eigenvalue weighted by Crippen LogP contribution is 2.48. The van der Waals surface area contributed by atoms with Gasteiger partial charge >= 0.3 is 0 Å². The van der Waals surface area contributed by atoms with Crippen LogP contribution in [-0.2, 0) is 4.79 Å². The van der Waals surface area contributed by atoms with Gasteiger partial charge < -0.3 is 30.4 Å². The summed E-state index contributed by atoms with van der Waals surface area (Å²) in [4.78, 5) is 23.4. The summed E-state index contributed by atoms with van der Waals surface area (Å²) in [5, 5.41) is 9.82. The topological polar surface area (TPSA) is 88.3 Å². The van der Waals surface area contributed by atoms with E-state index in [1.54, 1.807) is 0 Å². The number of H-pyrrole nitrogens is 1. The quantitative estimate of drug-likeness (QED) is 0.153. The van der Waals surface area contributed by atoms with Gasteiger partial charge in [-0.15, -0.1) is 0 Å². The number of carbonyl (C=O) groups excluding carboxylic acids is 1. The lowest BCUT2D eigenvalue weighted by molar-refractivity contribution is -0.117. The maximum Gasteiger partial charge on any atom is 0.241 e. The van der Waals surface area contributed by atoms with E-state index in [-0.39, 0.29) is 41.2 Å². The molecule has 4 saturated heterocycles. The number of aromatic nitrogens is 2. The Kier molecular flexibility index (Phi) is 8.70. The van der Waals surface area contributed by atoms with Crippen molar-refractivity contribution in [2.45, 2.75) is 89.0 Å². The number of hydrogen-bond acceptors (Lipinski definition) is 6. The molecule has 0 aliphatic carbocycles. The van der Waals surface area contributed by atoms with Gasteiger partial charge in [0, 0.05) is 17.9 Å². The third-order valence-electron chi connectivity index (χ3n) is 11.0. The normalized spacial score (nSPS) is 25.4. The molecule has 4 aliphatic rings. The molecule has 4 aliphatic heterocycles. The standard InChI is InChI=1S/C38H45F2N7OSi/c1-38(2)15-18-46(49-22-38)35-27(39)20-26(21-28(35)40)47-33(23-7-10-25(11-8-23)43-37(48)31-6-4-17-42-31)13-14-34(47)24-9-12-29-32(19-24)45-36(44-29)30-5-3-16-41-30/h7-12,19-21,30-31,33-34,41-42H,3-6,13-18,22H2,1-2H3,(H,43,48)(H,44,45)/t30?,31?,33-,34-/m0/s1. The number of nitrogens with one attached hydrogen (secondary N) is 4. The molecule has 11 heteroatoms. The minimum Gasteiger partial charge on any atom is -0.393 e. The number of rotatable bonds is 7. The second kappa shape index (κ2) is 13.1. The monoisotopic (exact) mass is 681 g/mol. The summed E-state index contributed by atoms with van der Waals surface area (Å²) >= 11 is 0. The van der Waals surface area contributed by atoms with E-state index >= 15 is 8.78 Å². The van der Waals surface area contributed by atoms with Gasteiger partial charge in [-0.2, -0.15) is 0 Å². The van der Waals surface area contributed by atoms with Crippen molar-refractivity contribution in [3.8, 4) is 0 Å². The van der Waals surface area contributed by atoms with Gasteiger partial charge in [0.25, 0.3) is 0 Å². The van der Waals surface area contributed by atoms with Gasteiger partial charge in [-0.1, -0.05) is 32.0 Å². The van der Waals surface area contributed by atoms with Crippen molar-refractivity contribution in [3.63, 3.8) is 0 Å². The molecule has 4 N–H and O–H groups in total. The van der Waals surface area contributed by atoms with Gasteiger partial charge in [0.2, 0.25) is 5.91 Å². The summed E-state index contributed by atoms with van der Waals surface area (Å²) in [6.07, 6.45) is 6.58. The van der Waals surface area contributed by atoms with Gasteiger partial charge in [0.05, 0.1) is 35.2 Å². The highest BCUT2D eigenvalue weighted by molar-refractivity contribution is 6.42.